The largest absolute Gasteiger partial charge is 0.394 e. The molecule has 2 unspecified atom stereocenters. The first kappa shape index (κ1) is 20.5. The van der Waals surface area contributed by atoms with Gasteiger partial charge < -0.3 is 10.2 Å². The van der Waals surface area contributed by atoms with Crippen LogP contribution in [0.5, 0.6) is 0 Å². The molecule has 0 aliphatic carbocycles. The third-order valence-electron chi connectivity index (χ3n) is 3.91. The monoisotopic (exact) mass is 333 g/mol. The van der Waals surface area contributed by atoms with Gasteiger partial charge in [-0.3, -0.25) is 9.98 Å². The van der Waals surface area contributed by atoms with E-state index in [2.05, 4.69) is 15.0 Å². The van der Waals surface area contributed by atoms with E-state index in [9.17, 15) is 10.2 Å². The van der Waals surface area contributed by atoms with Crippen LogP contribution in [-0.4, -0.2) is 52.9 Å². The molecular weight excluding hydrogens is 302 g/mol. The summed E-state index contributed by atoms with van der Waals surface area (Å²) in [6.07, 6.45) is 3.38. The molecule has 0 spiro atoms. The van der Waals surface area contributed by atoms with Crippen LogP contribution in [0, 0.1) is 10.8 Å². The molecule has 0 fully saturated rings. The minimum absolute atomic E-state index is 0.00487. The normalized spacial score (nSPS) is 16.0. The SMILES string of the molecule is CC(C)(C)C(CO)N=Cc1cccc(C=NC(CO)C(C)(C)C)n1. The molecule has 24 heavy (non-hydrogen) atoms. The van der Waals surface area contributed by atoms with Crippen LogP contribution in [0.4, 0.5) is 0 Å². The summed E-state index contributed by atoms with van der Waals surface area (Å²) < 4.78 is 0. The molecule has 0 amide bonds. The molecule has 1 aromatic heterocycles. The number of pyridine rings is 1. The Labute approximate surface area is 145 Å². The first-order chi connectivity index (χ1) is 11.1. The minimum atomic E-state index is -0.170. The van der Waals surface area contributed by atoms with Crippen molar-refractivity contribution >= 4 is 12.4 Å². The third-order valence-corrected chi connectivity index (χ3v) is 3.91. The average molecular weight is 333 g/mol. The Kier molecular flexibility index (Phi) is 7.24. The van der Waals surface area contributed by atoms with Crippen molar-refractivity contribution in [1.82, 2.24) is 4.98 Å². The lowest BCUT2D eigenvalue weighted by Crippen LogP contribution is -2.28. The molecule has 1 heterocycles. The summed E-state index contributed by atoms with van der Waals surface area (Å²) in [6, 6.07) is 5.29. The predicted octanol–water partition coefficient (Wildman–Crippen LogP) is 2.73. The van der Waals surface area contributed by atoms with Gasteiger partial charge in [-0.15, -0.1) is 0 Å². The molecule has 1 rings (SSSR count). The van der Waals surface area contributed by atoms with Crippen LogP contribution in [-0.2, 0) is 0 Å². The fourth-order valence-electron chi connectivity index (χ4n) is 2.03. The summed E-state index contributed by atoms with van der Waals surface area (Å²) >= 11 is 0. The fourth-order valence-corrected chi connectivity index (χ4v) is 2.03. The second-order valence-electron chi connectivity index (χ2n) is 8.17. The van der Waals surface area contributed by atoms with Crippen LogP contribution >= 0.6 is 0 Å². The van der Waals surface area contributed by atoms with Gasteiger partial charge in [0.2, 0.25) is 0 Å². The highest BCUT2D eigenvalue weighted by molar-refractivity contribution is 5.81. The number of hydrogen-bond donors (Lipinski definition) is 2. The zero-order valence-electron chi connectivity index (χ0n) is 15.7. The highest BCUT2D eigenvalue weighted by Gasteiger charge is 2.23. The molecule has 2 N–H and O–H groups in total. The van der Waals surface area contributed by atoms with Crippen molar-refractivity contribution in [1.29, 1.82) is 0 Å². The van der Waals surface area contributed by atoms with Gasteiger partial charge in [-0.25, -0.2) is 4.98 Å². The maximum atomic E-state index is 9.46. The van der Waals surface area contributed by atoms with Crippen molar-refractivity contribution in [3.63, 3.8) is 0 Å². The molecule has 0 saturated heterocycles. The van der Waals surface area contributed by atoms with E-state index in [1.807, 2.05) is 59.7 Å². The number of aromatic nitrogens is 1. The van der Waals surface area contributed by atoms with Crippen LogP contribution in [0.1, 0.15) is 52.9 Å². The summed E-state index contributed by atoms with van der Waals surface area (Å²) in [5, 5.41) is 18.9. The molecule has 0 aromatic carbocycles. The lowest BCUT2D eigenvalue weighted by Gasteiger charge is -2.25. The van der Waals surface area contributed by atoms with Gasteiger partial charge in [-0.05, 0) is 23.0 Å². The van der Waals surface area contributed by atoms with Crippen LogP contribution in [0.15, 0.2) is 28.2 Å². The van der Waals surface area contributed by atoms with Gasteiger partial charge in [0.1, 0.15) is 0 Å². The van der Waals surface area contributed by atoms with E-state index in [4.69, 9.17) is 0 Å². The summed E-state index contributed by atoms with van der Waals surface area (Å²) in [4.78, 5) is 13.4. The second kappa shape index (κ2) is 8.49. The van der Waals surface area contributed by atoms with Gasteiger partial charge in [-0.2, -0.15) is 0 Å². The first-order valence-electron chi connectivity index (χ1n) is 8.33. The maximum absolute atomic E-state index is 9.46. The summed E-state index contributed by atoms with van der Waals surface area (Å²) in [5.41, 5.74) is 1.23. The van der Waals surface area contributed by atoms with Crippen LogP contribution in [0.3, 0.4) is 0 Å². The highest BCUT2D eigenvalue weighted by Crippen LogP contribution is 2.22. The van der Waals surface area contributed by atoms with E-state index < -0.39 is 0 Å². The van der Waals surface area contributed by atoms with Gasteiger partial charge in [0.15, 0.2) is 0 Å². The van der Waals surface area contributed by atoms with Crippen molar-refractivity contribution in [3.8, 4) is 0 Å². The number of rotatable bonds is 6. The van der Waals surface area contributed by atoms with E-state index in [1.54, 1.807) is 12.4 Å². The van der Waals surface area contributed by atoms with Gasteiger partial charge in [0, 0.05) is 12.4 Å². The first-order valence-corrected chi connectivity index (χ1v) is 8.33. The van der Waals surface area contributed by atoms with Crippen LogP contribution in [0.2, 0.25) is 0 Å². The van der Waals surface area contributed by atoms with Crippen LogP contribution in [0.25, 0.3) is 0 Å². The maximum Gasteiger partial charge on any atom is 0.0815 e. The van der Waals surface area contributed by atoms with E-state index >= 15 is 0 Å². The van der Waals surface area contributed by atoms with Gasteiger partial charge in [0.05, 0.1) is 36.7 Å². The van der Waals surface area contributed by atoms with Gasteiger partial charge >= 0.3 is 0 Å². The van der Waals surface area contributed by atoms with E-state index in [0.717, 1.165) is 11.4 Å². The standard InChI is InChI=1S/C19H31N3O2/c1-18(2,3)16(12-23)20-10-14-8-7-9-15(22-14)11-21-17(13-24)19(4,5)6/h7-11,16-17,23-24H,12-13H2,1-6H3. The zero-order chi connectivity index (χ0) is 18.4. The van der Waals surface area contributed by atoms with Crippen molar-refractivity contribution in [2.24, 2.45) is 20.8 Å². The molecule has 134 valence electrons. The molecule has 0 bridgehead atoms. The Morgan fingerprint density at radius 1 is 0.875 bits per heavy atom. The molecule has 2 atom stereocenters. The quantitative estimate of drug-likeness (QED) is 0.786. The topological polar surface area (TPSA) is 78.1 Å². The van der Waals surface area contributed by atoms with E-state index in [0.29, 0.717) is 0 Å². The number of aliphatic hydroxyl groups excluding tert-OH is 2. The number of nitrogens with zero attached hydrogens (tertiary/aromatic N) is 3. The second-order valence-corrected chi connectivity index (χ2v) is 8.17. The lowest BCUT2D eigenvalue weighted by atomic mass is 9.88. The zero-order valence-corrected chi connectivity index (χ0v) is 15.7. The summed E-state index contributed by atoms with van der Waals surface area (Å²) in [7, 11) is 0. The fraction of sp³-hybridized carbons (Fsp3) is 0.632. The smallest absolute Gasteiger partial charge is 0.0815 e. The van der Waals surface area contributed by atoms with Crippen molar-refractivity contribution < 1.29 is 10.2 Å². The molecular formula is C19H31N3O2. The van der Waals surface area contributed by atoms with Crippen molar-refractivity contribution in [2.45, 2.75) is 53.6 Å². The summed E-state index contributed by atoms with van der Waals surface area (Å²) in [6.45, 7) is 12.3. The van der Waals surface area contributed by atoms with Crippen molar-refractivity contribution in [2.75, 3.05) is 13.2 Å². The highest BCUT2D eigenvalue weighted by atomic mass is 16.3. The average Bonchev–Trinajstić information content (AvgIpc) is 2.46. The molecule has 0 aliphatic heterocycles. The Bertz CT molecular complexity index is 521. The Morgan fingerprint density at radius 2 is 1.25 bits per heavy atom. The number of hydrogen-bond acceptors (Lipinski definition) is 5. The number of aliphatic imine (C=N–C) groups is 2. The molecule has 0 saturated carbocycles. The Morgan fingerprint density at radius 3 is 1.54 bits per heavy atom. The molecule has 5 nitrogen and oxygen atoms in total. The van der Waals surface area contributed by atoms with E-state index in [-0.39, 0.29) is 36.1 Å². The third kappa shape index (κ3) is 6.49. The Hall–Kier alpha value is -1.59. The van der Waals surface area contributed by atoms with Gasteiger partial charge in [-0.1, -0.05) is 47.6 Å². The predicted molar refractivity (Wildman–Crippen MR) is 100 cm³/mol. The molecule has 0 aliphatic rings. The van der Waals surface area contributed by atoms with Crippen molar-refractivity contribution in [3.05, 3.63) is 29.6 Å². The van der Waals surface area contributed by atoms with Gasteiger partial charge in [0.25, 0.3) is 0 Å². The Balaban J connectivity index is 2.91. The molecule has 0 radical (unpaired) electrons. The van der Waals surface area contributed by atoms with Crippen LogP contribution < -0.4 is 0 Å². The number of aliphatic hydroxyl groups is 2. The van der Waals surface area contributed by atoms with E-state index in [1.165, 1.54) is 0 Å². The summed E-state index contributed by atoms with van der Waals surface area (Å²) in [5.74, 6) is 0. The molecule has 5 heteroatoms. The minimum Gasteiger partial charge on any atom is -0.394 e. The molecule has 1 aromatic rings. The lowest BCUT2D eigenvalue weighted by molar-refractivity contribution is 0.191.